The number of carbonyl (C=O) groups is 2. The topological polar surface area (TPSA) is 83.6 Å². The van der Waals surface area contributed by atoms with Gasteiger partial charge >= 0.3 is 5.97 Å². The third-order valence-electron chi connectivity index (χ3n) is 4.07. The fourth-order valence-electron chi connectivity index (χ4n) is 2.48. The number of rotatable bonds is 2. The molecule has 2 fully saturated rings. The van der Waals surface area contributed by atoms with Crippen LogP contribution < -0.4 is 5.73 Å². The molecular weight excluding hydrogens is 260 g/mol. The summed E-state index contributed by atoms with van der Waals surface area (Å²) in [6.07, 6.45) is 0. The van der Waals surface area contributed by atoms with Crippen LogP contribution in [0, 0.1) is 0 Å². The van der Waals surface area contributed by atoms with E-state index in [9.17, 15) is 14.7 Å². The van der Waals surface area contributed by atoms with E-state index in [-0.39, 0.29) is 16.0 Å². The summed E-state index contributed by atoms with van der Waals surface area (Å²) in [5.41, 5.74) is 5.73. The number of carbonyl (C=O) groups excluding carboxylic acids is 1. The maximum absolute atomic E-state index is 11.7. The second kappa shape index (κ2) is 3.34. The lowest BCUT2D eigenvalue weighted by Gasteiger charge is -2.47. The summed E-state index contributed by atoms with van der Waals surface area (Å²) in [4.78, 5) is 24.8. The van der Waals surface area contributed by atoms with Gasteiger partial charge in [-0.1, -0.05) is 0 Å². The van der Waals surface area contributed by atoms with Gasteiger partial charge < -0.3 is 15.7 Å². The Morgan fingerprint density at radius 3 is 2.75 bits per heavy atom. The van der Waals surface area contributed by atoms with Crippen molar-refractivity contribution in [2.24, 2.45) is 5.73 Å². The summed E-state index contributed by atoms with van der Waals surface area (Å²) >= 11 is 1.58. The smallest absolute Gasteiger partial charge is 0.326 e. The molecule has 4 atom stereocenters. The van der Waals surface area contributed by atoms with Gasteiger partial charge in [0.2, 0.25) is 5.91 Å². The minimum Gasteiger partial charge on any atom is -0.480 e. The van der Waals surface area contributed by atoms with Gasteiger partial charge in [-0.2, -0.15) is 0 Å². The van der Waals surface area contributed by atoms with Gasteiger partial charge in [-0.15, -0.1) is 11.8 Å². The molecule has 90 valence electrons. The summed E-state index contributed by atoms with van der Waals surface area (Å²) in [6.45, 7) is 1.96. The quantitative estimate of drug-likeness (QED) is 0.413. The molecule has 0 aromatic carbocycles. The number of aliphatic carboxylic acids is 1. The number of fused-ring (bicyclic) bond motifs is 1. The van der Waals surface area contributed by atoms with Crippen LogP contribution in [0.2, 0.25) is 6.04 Å². The summed E-state index contributed by atoms with van der Waals surface area (Å²) in [6, 6.07) is 0.355. The molecule has 1 unspecified atom stereocenters. The number of carboxylic acids is 1. The van der Waals surface area contributed by atoms with Crippen molar-refractivity contribution in [3.05, 3.63) is 0 Å². The number of β-lactam (4-membered cyclic amide) rings is 1. The number of amides is 1. The number of hydrogen-bond donors (Lipinski definition) is 2. The Labute approximate surface area is 104 Å². The van der Waals surface area contributed by atoms with Crippen molar-refractivity contribution < 1.29 is 14.7 Å². The van der Waals surface area contributed by atoms with E-state index < -0.39 is 17.2 Å². The van der Waals surface area contributed by atoms with Gasteiger partial charge in [0.05, 0.1) is 10.2 Å². The lowest BCUT2D eigenvalue weighted by atomic mass is 9.95. The molecule has 0 bridgehead atoms. The van der Waals surface area contributed by atoms with Gasteiger partial charge in [0.15, 0.2) is 0 Å². The van der Waals surface area contributed by atoms with Crippen LogP contribution in [-0.2, 0) is 9.59 Å². The summed E-state index contributed by atoms with van der Waals surface area (Å²) in [5, 5.41) is 8.37. The molecule has 0 saturated carbocycles. The van der Waals surface area contributed by atoms with Crippen molar-refractivity contribution in [1.82, 2.24) is 4.90 Å². The van der Waals surface area contributed by atoms with Crippen molar-refractivity contribution in [3.63, 3.8) is 0 Å². The van der Waals surface area contributed by atoms with Gasteiger partial charge in [-0.05, 0) is 13.0 Å². The third-order valence-corrected chi connectivity index (χ3v) is 10.3. The molecule has 2 heterocycles. The highest BCUT2D eigenvalue weighted by atomic mass is 32.2. The van der Waals surface area contributed by atoms with E-state index in [1.165, 1.54) is 4.90 Å². The molecule has 5 nitrogen and oxygen atoms in total. The first-order chi connectivity index (χ1) is 7.29. The van der Waals surface area contributed by atoms with Crippen LogP contribution in [0.4, 0.5) is 0 Å². The maximum atomic E-state index is 11.7. The molecule has 16 heavy (non-hydrogen) atoms. The summed E-state index contributed by atoms with van der Waals surface area (Å²) < 4.78 is -0.355. The Morgan fingerprint density at radius 2 is 2.31 bits per heavy atom. The van der Waals surface area contributed by atoms with Gasteiger partial charge in [-0.25, -0.2) is 0 Å². The zero-order valence-electron chi connectivity index (χ0n) is 9.56. The van der Waals surface area contributed by atoms with Crippen LogP contribution in [0.25, 0.3) is 0 Å². The summed E-state index contributed by atoms with van der Waals surface area (Å²) in [5.74, 6) is -1.07. The van der Waals surface area contributed by atoms with E-state index in [2.05, 4.69) is 0 Å². The van der Waals surface area contributed by atoms with Crippen LogP contribution in [0.1, 0.15) is 6.92 Å². The largest absolute Gasteiger partial charge is 0.480 e. The molecule has 8 heteroatoms. The molecule has 2 rings (SSSR count). The van der Waals surface area contributed by atoms with Crippen LogP contribution in [0.3, 0.4) is 0 Å². The second-order valence-electron chi connectivity index (χ2n) is 4.70. The molecule has 3 N–H and O–H groups in total. The molecule has 2 aliphatic heterocycles. The van der Waals surface area contributed by atoms with Crippen molar-refractivity contribution in [2.45, 2.75) is 34.3 Å². The fourth-order valence-corrected chi connectivity index (χ4v) is 7.57. The second-order valence-corrected chi connectivity index (χ2v) is 8.48. The monoisotopic (exact) mass is 276 g/mol. The molecular formula is C8H16N2O3SSi2. The SMILES string of the molecule is CC1(C[SiH3])S[C@@H]2[C@H](N)C(=O)N2[C@@]1([SiH3])C(=O)O. The molecule has 0 aromatic heterocycles. The van der Waals surface area contributed by atoms with Gasteiger partial charge in [0.1, 0.15) is 16.6 Å². The zero-order chi connectivity index (χ0) is 12.3. The predicted molar refractivity (Wildman–Crippen MR) is 69.7 cm³/mol. The molecule has 2 aliphatic rings. The number of carboxylic acid groups (broad SMARTS) is 1. The lowest BCUT2D eigenvalue weighted by molar-refractivity contribution is -0.162. The molecule has 0 radical (unpaired) electrons. The fraction of sp³-hybridized carbons (Fsp3) is 0.750. The normalized spacial score (nSPS) is 46.9. The minimum atomic E-state index is -0.975. The van der Waals surface area contributed by atoms with Crippen molar-refractivity contribution in [1.29, 1.82) is 0 Å². The average molecular weight is 276 g/mol. The molecule has 2 saturated heterocycles. The van der Waals surface area contributed by atoms with Crippen LogP contribution >= 0.6 is 11.8 Å². The highest BCUT2D eigenvalue weighted by Crippen LogP contribution is 2.56. The van der Waals surface area contributed by atoms with Gasteiger partial charge in [0, 0.05) is 15.0 Å². The third kappa shape index (κ3) is 1.10. The molecule has 0 aliphatic carbocycles. The Balaban J connectivity index is 2.47. The minimum absolute atomic E-state index is 0.125. The van der Waals surface area contributed by atoms with Crippen molar-refractivity contribution >= 4 is 44.1 Å². The summed E-state index contributed by atoms with van der Waals surface area (Å²) in [7, 11) is 1.37. The average Bonchev–Trinajstić information content (AvgIpc) is 2.47. The maximum Gasteiger partial charge on any atom is 0.326 e. The Morgan fingerprint density at radius 1 is 1.75 bits per heavy atom. The predicted octanol–water partition coefficient (Wildman–Crippen LogP) is -3.08. The van der Waals surface area contributed by atoms with Gasteiger partial charge in [0.25, 0.3) is 0 Å². The van der Waals surface area contributed by atoms with E-state index in [1.807, 2.05) is 6.92 Å². The highest BCUT2D eigenvalue weighted by Gasteiger charge is 2.70. The Hall–Kier alpha value is -0.316. The van der Waals surface area contributed by atoms with Crippen molar-refractivity contribution in [2.75, 3.05) is 0 Å². The number of hydrogen-bond acceptors (Lipinski definition) is 4. The molecule has 1 amide bonds. The van der Waals surface area contributed by atoms with Crippen LogP contribution in [-0.4, -0.2) is 63.7 Å². The molecule has 0 aromatic rings. The van der Waals surface area contributed by atoms with E-state index in [1.54, 1.807) is 11.8 Å². The van der Waals surface area contributed by atoms with Crippen LogP contribution in [0.15, 0.2) is 0 Å². The van der Waals surface area contributed by atoms with Crippen LogP contribution in [0.5, 0.6) is 0 Å². The number of thioether (sulfide) groups is 1. The van der Waals surface area contributed by atoms with E-state index in [4.69, 9.17) is 5.73 Å². The van der Waals surface area contributed by atoms with Crippen molar-refractivity contribution in [3.8, 4) is 0 Å². The number of nitrogens with zero attached hydrogens (tertiary/aromatic N) is 1. The first-order valence-corrected chi connectivity index (χ1v) is 8.59. The first kappa shape index (κ1) is 12.1. The molecule has 0 spiro atoms. The zero-order valence-corrected chi connectivity index (χ0v) is 14.4. The van der Waals surface area contributed by atoms with E-state index in [0.717, 1.165) is 16.3 Å². The Kier molecular flexibility index (Phi) is 2.54. The lowest BCUT2D eigenvalue weighted by Crippen LogP contribution is -2.75. The standard InChI is InChI=1S/C8H16N2O3SSi2/c1-7(2-15)8(16,6(12)13)10-4(11)3(9)5(10)14-7/h3,5H,2,9H2,1,15-16H3,(H,12,13)/t3-,5-,7?,8-/m1/s1. The highest BCUT2D eigenvalue weighted by molar-refractivity contribution is 8.02. The Bertz CT molecular complexity index is 382. The number of nitrogens with two attached hydrogens (primary N) is 1. The van der Waals surface area contributed by atoms with E-state index in [0.29, 0.717) is 10.2 Å². The van der Waals surface area contributed by atoms with E-state index >= 15 is 0 Å². The first-order valence-electron chi connectivity index (χ1n) is 5.29. The van der Waals surface area contributed by atoms with Gasteiger partial charge in [-0.3, -0.25) is 9.59 Å².